The average molecular weight is 1530 g/mol. The molecule has 0 aromatic heterocycles. The van der Waals surface area contributed by atoms with Crippen molar-refractivity contribution in [3.8, 4) is 0 Å². The highest BCUT2D eigenvalue weighted by Crippen LogP contribution is 2.08. The van der Waals surface area contributed by atoms with E-state index in [1.807, 2.05) is 34.3 Å². The Labute approximate surface area is 629 Å². The maximum Gasteiger partial charge on any atom is 0.407 e. The summed E-state index contributed by atoms with van der Waals surface area (Å²) in [4.78, 5) is 201. The topological polar surface area (TPSA) is 446 Å². The molecule has 38 heteroatoms. The maximum absolute atomic E-state index is 13.6. The predicted octanol–water partition coefficient (Wildman–Crippen LogP) is -2.83. The molecule has 0 rings (SSSR count). The van der Waals surface area contributed by atoms with Crippen molar-refractivity contribution >= 4 is 89.3 Å². The fraction of sp³-hybridized carbons (Fsp3) is 0.783. The molecule has 7 N–H and O–H groups in total. The van der Waals surface area contributed by atoms with Crippen LogP contribution in [0.4, 0.5) is 4.79 Å². The summed E-state index contributed by atoms with van der Waals surface area (Å²) in [6.07, 6.45) is -0.210. The summed E-state index contributed by atoms with van der Waals surface area (Å²) in [5.74, 6) is -5.49. The van der Waals surface area contributed by atoms with E-state index < -0.39 is 59.4 Å². The van der Waals surface area contributed by atoms with Crippen molar-refractivity contribution in [1.82, 2.24) is 71.5 Å². The van der Waals surface area contributed by atoms with Gasteiger partial charge in [0.25, 0.3) is 0 Å². The monoisotopic (exact) mass is 1530 g/mol. The zero-order chi connectivity index (χ0) is 80.2. The van der Waals surface area contributed by atoms with Crippen molar-refractivity contribution in [3.05, 3.63) is 0 Å². The van der Waals surface area contributed by atoms with Gasteiger partial charge in [0.2, 0.25) is 35.4 Å². The van der Waals surface area contributed by atoms with Gasteiger partial charge in [-0.2, -0.15) is 0 Å². The Balaban J connectivity index is 6.33. The van der Waals surface area contributed by atoms with Gasteiger partial charge in [-0.3, -0.25) is 67.1 Å². The number of amides is 7. The number of nitrogens with zero attached hydrogens (tertiary/aromatic N) is 7. The number of hydrogen-bond donors (Lipinski definition) is 7. The van der Waals surface area contributed by atoms with Crippen LogP contribution < -0.4 is 37.2 Å². The number of methoxy groups -OCH3 is 8. The number of alkyl carbamates (subject to hydrolysis) is 1. The van der Waals surface area contributed by atoms with Crippen LogP contribution in [0.25, 0.3) is 0 Å². The van der Waals surface area contributed by atoms with Gasteiger partial charge in [0, 0.05) is 222 Å². The fourth-order valence-corrected chi connectivity index (χ4v) is 10.00. The number of hydrogen-bond acceptors (Lipinski definition) is 31. The Morgan fingerprint density at radius 1 is 0.206 bits per heavy atom. The van der Waals surface area contributed by atoms with Gasteiger partial charge < -0.3 is 114 Å². The highest BCUT2D eigenvalue weighted by Gasteiger charge is 2.22. The van der Waals surface area contributed by atoms with Crippen molar-refractivity contribution in [3.63, 3.8) is 0 Å². The molecule has 0 saturated carbocycles. The van der Waals surface area contributed by atoms with Gasteiger partial charge in [0.15, 0.2) is 0 Å². The van der Waals surface area contributed by atoms with Crippen LogP contribution in [-0.4, -0.2) is 369 Å². The van der Waals surface area contributed by atoms with Gasteiger partial charge in [0.1, 0.15) is 5.60 Å². The summed E-state index contributed by atoms with van der Waals surface area (Å²) in [5.41, 5.74) is -0.781. The highest BCUT2D eigenvalue weighted by atomic mass is 16.6. The molecular weight excluding hydrogens is 1410 g/mol. The molecule has 0 spiro atoms. The smallest absolute Gasteiger partial charge is 0.407 e. The fourth-order valence-electron chi connectivity index (χ4n) is 10.00. The summed E-state index contributed by atoms with van der Waals surface area (Å²) >= 11 is 0. The molecule has 0 heterocycles. The average Bonchev–Trinajstić information content (AvgIpc) is 0.972. The largest absolute Gasteiger partial charge is 0.469 e. The molecule has 0 aliphatic rings. The molecule has 0 unspecified atom stereocenters. The molecule has 0 atom stereocenters. The van der Waals surface area contributed by atoms with E-state index in [4.69, 9.17) is 42.6 Å². The van der Waals surface area contributed by atoms with E-state index in [1.165, 1.54) is 56.9 Å². The molecule has 0 aromatic rings. The molecule has 0 aliphatic heterocycles. The van der Waals surface area contributed by atoms with Crippen molar-refractivity contribution in [1.29, 1.82) is 0 Å². The first-order chi connectivity index (χ1) is 51.0. The molecule has 7 amide bonds. The van der Waals surface area contributed by atoms with Crippen LogP contribution in [0.3, 0.4) is 0 Å². The molecule has 0 saturated heterocycles. The van der Waals surface area contributed by atoms with Crippen LogP contribution in [0.1, 0.15) is 111 Å². The lowest BCUT2D eigenvalue weighted by atomic mass is 10.2. The van der Waals surface area contributed by atoms with Gasteiger partial charge in [0.05, 0.1) is 108 Å². The molecule has 0 radical (unpaired) electrons. The lowest BCUT2D eigenvalue weighted by Crippen LogP contribution is -2.42. The number of carbonyl (C=O) groups excluding carboxylic acids is 15. The minimum atomic E-state index is -0.781. The Morgan fingerprint density at radius 3 is 0.467 bits per heavy atom. The normalized spacial score (nSPS) is 11.2. The number of esters is 8. The van der Waals surface area contributed by atoms with Crippen LogP contribution in [0.2, 0.25) is 0 Å². The summed E-state index contributed by atoms with van der Waals surface area (Å²) < 4.78 is 43.5. The van der Waals surface area contributed by atoms with Crippen LogP contribution in [-0.2, 0) is 110 Å². The third-order valence-electron chi connectivity index (χ3n) is 16.4. The van der Waals surface area contributed by atoms with E-state index in [1.54, 1.807) is 20.8 Å². The molecule has 0 fully saturated rings. The van der Waals surface area contributed by atoms with Gasteiger partial charge in [-0.25, -0.2) is 4.79 Å². The van der Waals surface area contributed by atoms with Gasteiger partial charge in [-0.05, 0) is 20.8 Å². The molecule has 0 aliphatic carbocycles. The first-order valence-electron chi connectivity index (χ1n) is 36.2. The standard InChI is InChI=1S/C69H124N14O24/c1-69(2,3)107-68(98)76-32-53-79(37-16-58(88)70-26-47-77(33-12-54(84)72-28-49-80(39-18-60(90)99-4)40-19-61(91)100-5)34-13-55(85)73-29-50-81(41-20-62(92)101-6)42-21-63(93)102-7)38-17-59(89)71-27-48-78(35-14-56(86)74-30-51-82(43-22-64(94)103-8)44-23-65(95)104-9)36-15-57(87)75-31-52-83(45-24-66(96)105-10)46-25-67(97)106-11/h12-53H2,1-11H3,(H,70,88)(H,71,89)(H,72,84)(H,73,85)(H,74,86)(H,75,87)(H,76,98). The third kappa shape index (κ3) is 57.4. The summed E-state index contributed by atoms with van der Waals surface area (Å²) in [7, 11) is 10.2. The summed E-state index contributed by atoms with van der Waals surface area (Å²) in [5, 5.41) is 20.0. The summed E-state index contributed by atoms with van der Waals surface area (Å²) in [6, 6.07) is 0. The second kappa shape index (κ2) is 61.6. The minimum absolute atomic E-state index is 0.00314. The van der Waals surface area contributed by atoms with Gasteiger partial charge in [-0.1, -0.05) is 0 Å². The quantitative estimate of drug-likeness (QED) is 0.0238. The van der Waals surface area contributed by atoms with Crippen LogP contribution in [0, 0.1) is 0 Å². The SMILES string of the molecule is COC(=O)CCN(CCNC(=O)CCN(CCNC(=O)CCN(CCNC(=O)OC(C)(C)C)CCC(=O)NCCN(CCC(=O)NCCN(CCC(=O)OC)CCC(=O)OC)CCC(=O)NCCN(CCC(=O)OC)CCC(=O)OC)CCC(=O)NCCN(CCC(=O)OC)CCC(=O)OC)CCC(=O)OC. The number of carbonyl (C=O) groups is 15. The van der Waals surface area contributed by atoms with E-state index >= 15 is 0 Å². The second-order valence-electron chi connectivity index (χ2n) is 25.5. The van der Waals surface area contributed by atoms with Crippen LogP contribution in [0.15, 0.2) is 0 Å². The number of nitrogens with one attached hydrogen (secondary N) is 7. The van der Waals surface area contributed by atoms with E-state index in [0.717, 1.165) is 0 Å². The zero-order valence-corrected chi connectivity index (χ0v) is 65.1. The number of rotatable bonds is 63. The first-order valence-corrected chi connectivity index (χ1v) is 36.2. The Kier molecular flexibility index (Phi) is 56.7. The van der Waals surface area contributed by atoms with E-state index in [2.05, 4.69) is 37.2 Å². The maximum atomic E-state index is 13.6. The predicted molar refractivity (Wildman–Crippen MR) is 388 cm³/mol. The van der Waals surface area contributed by atoms with Crippen molar-refractivity contribution in [2.45, 2.75) is 116 Å². The molecule has 107 heavy (non-hydrogen) atoms. The molecular formula is C69H124N14O24. The Hall–Kier alpha value is -8.43. The number of ether oxygens (including phenoxy) is 9. The van der Waals surface area contributed by atoms with Gasteiger partial charge in [-0.15, -0.1) is 0 Å². The zero-order valence-electron chi connectivity index (χ0n) is 65.1. The minimum Gasteiger partial charge on any atom is -0.469 e. The molecule has 38 nitrogen and oxygen atoms in total. The van der Waals surface area contributed by atoms with E-state index in [-0.39, 0.29) is 282 Å². The van der Waals surface area contributed by atoms with Crippen molar-refractivity contribution < 1.29 is 115 Å². The molecule has 0 aromatic carbocycles. The second-order valence-corrected chi connectivity index (χ2v) is 25.5. The lowest BCUT2D eigenvalue weighted by Gasteiger charge is -2.25. The first kappa shape index (κ1) is 98.6. The van der Waals surface area contributed by atoms with Crippen molar-refractivity contribution in [2.75, 3.05) is 240 Å². The van der Waals surface area contributed by atoms with E-state index in [9.17, 15) is 71.9 Å². The van der Waals surface area contributed by atoms with Crippen LogP contribution in [0.5, 0.6) is 0 Å². The summed E-state index contributed by atoms with van der Waals surface area (Å²) in [6.45, 7) is 11.3. The van der Waals surface area contributed by atoms with Gasteiger partial charge >= 0.3 is 53.8 Å². The van der Waals surface area contributed by atoms with Crippen LogP contribution >= 0.6 is 0 Å². The molecule has 614 valence electrons. The lowest BCUT2D eigenvalue weighted by molar-refractivity contribution is -0.142. The van der Waals surface area contributed by atoms with Crippen molar-refractivity contribution in [2.24, 2.45) is 0 Å². The Bertz CT molecular complexity index is 2300. The van der Waals surface area contributed by atoms with E-state index in [0.29, 0.717) is 26.2 Å². The highest BCUT2D eigenvalue weighted by molar-refractivity contribution is 5.79. The Morgan fingerprint density at radius 2 is 0.336 bits per heavy atom. The molecule has 0 bridgehead atoms. The third-order valence-corrected chi connectivity index (χ3v) is 16.4.